The van der Waals surface area contributed by atoms with Crippen LogP contribution in [0.1, 0.15) is 80.1 Å². The number of carbonyl (C=O) groups is 1. The monoisotopic (exact) mass is 310 g/mol. The Morgan fingerprint density at radius 3 is 2.45 bits per heavy atom. The van der Waals surface area contributed by atoms with E-state index < -0.39 is 5.60 Å². The average Bonchev–Trinajstić information content (AvgIpc) is 2.31. The molecule has 1 N–H and O–H groups in total. The summed E-state index contributed by atoms with van der Waals surface area (Å²) < 4.78 is 5.37. The number of esters is 1. The second-order valence-electron chi connectivity index (χ2n) is 9.00. The Kier molecular flexibility index (Phi) is 4.70. The van der Waals surface area contributed by atoms with Gasteiger partial charge in [0, 0.05) is 6.92 Å². The van der Waals surface area contributed by atoms with Crippen LogP contribution in [0.5, 0.6) is 0 Å². The zero-order chi connectivity index (χ0) is 16.8. The molecule has 5 atom stereocenters. The summed E-state index contributed by atoms with van der Waals surface area (Å²) in [6.07, 6.45) is 6.28. The van der Waals surface area contributed by atoms with Gasteiger partial charge in [-0.2, -0.15) is 0 Å². The minimum Gasteiger partial charge on any atom is -0.463 e. The standard InChI is InChI=1S/C19H34O3/c1-13(22-14(2)20)12-16-18(5)10-7-9-17(3,4)15(18)8-11-19(16,6)21/h13,15-16,21H,7-12H2,1-6H3/t13?,15?,16-,18+,19-/m1/s1. The summed E-state index contributed by atoms with van der Waals surface area (Å²) in [4.78, 5) is 11.2. The summed E-state index contributed by atoms with van der Waals surface area (Å²) in [5.41, 5.74) is -0.183. The molecular formula is C19H34O3. The van der Waals surface area contributed by atoms with Crippen molar-refractivity contribution in [2.45, 2.75) is 91.8 Å². The molecule has 0 aliphatic heterocycles. The van der Waals surface area contributed by atoms with E-state index >= 15 is 0 Å². The summed E-state index contributed by atoms with van der Waals surface area (Å²) in [6, 6.07) is 0. The lowest BCUT2D eigenvalue weighted by atomic mass is 9.45. The fourth-order valence-electron chi connectivity index (χ4n) is 5.81. The first-order valence-electron chi connectivity index (χ1n) is 8.89. The molecule has 2 aliphatic carbocycles. The van der Waals surface area contributed by atoms with Gasteiger partial charge in [-0.1, -0.05) is 27.2 Å². The van der Waals surface area contributed by atoms with Crippen LogP contribution in [0, 0.1) is 22.7 Å². The topological polar surface area (TPSA) is 46.5 Å². The minimum absolute atomic E-state index is 0.130. The normalized spacial score (nSPS) is 42.3. The molecule has 0 aromatic rings. The van der Waals surface area contributed by atoms with Gasteiger partial charge in [-0.3, -0.25) is 4.79 Å². The molecule has 2 unspecified atom stereocenters. The Labute approximate surface area is 135 Å². The largest absolute Gasteiger partial charge is 0.463 e. The molecule has 128 valence electrons. The van der Waals surface area contributed by atoms with Gasteiger partial charge in [-0.15, -0.1) is 0 Å². The van der Waals surface area contributed by atoms with Crippen molar-refractivity contribution in [3.8, 4) is 0 Å². The van der Waals surface area contributed by atoms with Crippen LogP contribution in [-0.4, -0.2) is 22.8 Å². The van der Waals surface area contributed by atoms with Crippen molar-refractivity contribution in [2.75, 3.05) is 0 Å². The van der Waals surface area contributed by atoms with Crippen LogP contribution in [0.25, 0.3) is 0 Å². The third-order valence-corrected chi connectivity index (χ3v) is 6.70. The van der Waals surface area contributed by atoms with Crippen molar-refractivity contribution in [1.29, 1.82) is 0 Å². The molecule has 0 radical (unpaired) electrons. The quantitative estimate of drug-likeness (QED) is 0.790. The van der Waals surface area contributed by atoms with E-state index in [1.54, 1.807) is 0 Å². The van der Waals surface area contributed by atoms with Gasteiger partial charge in [0.25, 0.3) is 0 Å². The Morgan fingerprint density at radius 1 is 1.23 bits per heavy atom. The number of aliphatic hydroxyl groups is 1. The van der Waals surface area contributed by atoms with Gasteiger partial charge in [0.05, 0.1) is 11.7 Å². The molecule has 2 saturated carbocycles. The van der Waals surface area contributed by atoms with Crippen molar-refractivity contribution in [1.82, 2.24) is 0 Å². The fraction of sp³-hybridized carbons (Fsp3) is 0.947. The van der Waals surface area contributed by atoms with Crippen molar-refractivity contribution in [3.63, 3.8) is 0 Å². The van der Waals surface area contributed by atoms with E-state index in [-0.39, 0.29) is 23.4 Å². The van der Waals surface area contributed by atoms with Crippen LogP contribution < -0.4 is 0 Å². The Bertz CT molecular complexity index is 426. The van der Waals surface area contributed by atoms with Gasteiger partial charge < -0.3 is 9.84 Å². The lowest BCUT2D eigenvalue weighted by Crippen LogP contribution is -2.58. The number of ether oxygens (including phenoxy) is 1. The van der Waals surface area contributed by atoms with E-state index in [0.717, 1.165) is 19.3 Å². The minimum atomic E-state index is -0.660. The second kappa shape index (κ2) is 5.81. The first-order chi connectivity index (χ1) is 9.99. The second-order valence-corrected chi connectivity index (χ2v) is 9.00. The van der Waals surface area contributed by atoms with Gasteiger partial charge in [-0.25, -0.2) is 0 Å². The zero-order valence-corrected chi connectivity index (χ0v) is 15.2. The first-order valence-corrected chi connectivity index (χ1v) is 8.89. The Balaban J connectivity index is 2.28. The van der Waals surface area contributed by atoms with Gasteiger partial charge in [-0.05, 0) is 68.6 Å². The van der Waals surface area contributed by atoms with E-state index in [0.29, 0.717) is 11.3 Å². The van der Waals surface area contributed by atoms with Crippen LogP contribution in [0.15, 0.2) is 0 Å². The maximum Gasteiger partial charge on any atom is 0.302 e. The summed E-state index contributed by atoms with van der Waals surface area (Å²) in [5.74, 6) is 0.602. The highest BCUT2D eigenvalue weighted by Crippen LogP contribution is 2.62. The van der Waals surface area contributed by atoms with Crippen LogP contribution in [0.4, 0.5) is 0 Å². The number of fused-ring (bicyclic) bond motifs is 1. The van der Waals surface area contributed by atoms with Crippen molar-refractivity contribution < 1.29 is 14.6 Å². The van der Waals surface area contributed by atoms with E-state index in [4.69, 9.17) is 4.74 Å². The molecule has 3 heteroatoms. The van der Waals surface area contributed by atoms with Gasteiger partial charge in [0.15, 0.2) is 0 Å². The molecule has 0 saturated heterocycles. The molecule has 0 aromatic carbocycles. The SMILES string of the molecule is CC(=O)OC(C)C[C@@H]1[C@@]2(C)CCCC(C)(C)C2CC[C@@]1(C)O. The van der Waals surface area contributed by atoms with Crippen LogP contribution in [0.2, 0.25) is 0 Å². The van der Waals surface area contributed by atoms with Crippen molar-refractivity contribution in [2.24, 2.45) is 22.7 Å². The fourth-order valence-corrected chi connectivity index (χ4v) is 5.81. The molecular weight excluding hydrogens is 276 g/mol. The molecule has 0 aromatic heterocycles. The average molecular weight is 310 g/mol. The zero-order valence-electron chi connectivity index (χ0n) is 15.2. The first kappa shape index (κ1) is 17.8. The Morgan fingerprint density at radius 2 is 1.86 bits per heavy atom. The molecule has 2 fully saturated rings. The predicted octanol–water partition coefficient (Wildman–Crippen LogP) is 4.32. The molecule has 3 nitrogen and oxygen atoms in total. The van der Waals surface area contributed by atoms with Gasteiger partial charge >= 0.3 is 5.97 Å². The van der Waals surface area contributed by atoms with Gasteiger partial charge in [0.1, 0.15) is 0 Å². The van der Waals surface area contributed by atoms with Crippen LogP contribution in [-0.2, 0) is 9.53 Å². The summed E-state index contributed by atoms with van der Waals surface area (Å²) in [6.45, 7) is 12.6. The van der Waals surface area contributed by atoms with Crippen molar-refractivity contribution >= 4 is 5.97 Å². The molecule has 0 bridgehead atoms. The molecule has 22 heavy (non-hydrogen) atoms. The van der Waals surface area contributed by atoms with Crippen LogP contribution >= 0.6 is 0 Å². The summed E-state index contributed by atoms with van der Waals surface area (Å²) in [7, 11) is 0. The number of hydrogen-bond donors (Lipinski definition) is 1. The lowest BCUT2D eigenvalue weighted by molar-refractivity contribution is -0.181. The highest BCUT2D eigenvalue weighted by atomic mass is 16.5. The molecule has 2 aliphatic rings. The molecule has 0 amide bonds. The molecule has 0 heterocycles. The maximum atomic E-state index is 11.2. The smallest absolute Gasteiger partial charge is 0.302 e. The third-order valence-electron chi connectivity index (χ3n) is 6.70. The third kappa shape index (κ3) is 3.20. The number of rotatable bonds is 3. The van der Waals surface area contributed by atoms with Gasteiger partial charge in [0.2, 0.25) is 0 Å². The number of hydrogen-bond acceptors (Lipinski definition) is 3. The summed E-state index contributed by atoms with van der Waals surface area (Å²) in [5, 5.41) is 11.1. The van der Waals surface area contributed by atoms with E-state index in [1.807, 2.05) is 13.8 Å². The lowest BCUT2D eigenvalue weighted by Gasteiger charge is -2.61. The van der Waals surface area contributed by atoms with E-state index in [9.17, 15) is 9.90 Å². The van der Waals surface area contributed by atoms with E-state index in [2.05, 4.69) is 20.8 Å². The molecule has 2 rings (SSSR count). The molecule has 0 spiro atoms. The maximum absolute atomic E-state index is 11.2. The Hall–Kier alpha value is -0.570. The van der Waals surface area contributed by atoms with Crippen LogP contribution in [0.3, 0.4) is 0 Å². The highest BCUT2D eigenvalue weighted by molar-refractivity contribution is 5.66. The highest BCUT2D eigenvalue weighted by Gasteiger charge is 2.58. The number of carbonyl (C=O) groups excluding carboxylic acids is 1. The van der Waals surface area contributed by atoms with Crippen molar-refractivity contribution in [3.05, 3.63) is 0 Å². The predicted molar refractivity (Wildman–Crippen MR) is 88.4 cm³/mol. The van der Waals surface area contributed by atoms with E-state index in [1.165, 1.54) is 26.2 Å². The summed E-state index contributed by atoms with van der Waals surface area (Å²) >= 11 is 0.